The maximum atomic E-state index is 11.6. The van der Waals surface area contributed by atoms with Crippen LogP contribution in [0.5, 0.6) is 0 Å². The number of likely N-dealkylation sites (N-methyl/N-ethyl adjacent to an activating group) is 2. The van der Waals surface area contributed by atoms with Gasteiger partial charge < -0.3 is 20.2 Å². The summed E-state index contributed by atoms with van der Waals surface area (Å²) in [7, 11) is 5.66. The van der Waals surface area contributed by atoms with Gasteiger partial charge in [0.05, 0.1) is 5.92 Å². The van der Waals surface area contributed by atoms with Crippen molar-refractivity contribution in [1.29, 1.82) is 0 Å². The minimum atomic E-state index is -0.788. The van der Waals surface area contributed by atoms with Crippen LogP contribution in [-0.4, -0.2) is 67.7 Å². The van der Waals surface area contributed by atoms with Crippen molar-refractivity contribution in [2.45, 2.75) is 19.8 Å². The number of carboxylic acids is 1. The van der Waals surface area contributed by atoms with Crippen LogP contribution in [0, 0.1) is 5.92 Å². The quantitative estimate of drug-likeness (QED) is 0.629. The Labute approximate surface area is 109 Å². The van der Waals surface area contributed by atoms with Crippen molar-refractivity contribution in [3.8, 4) is 0 Å². The van der Waals surface area contributed by atoms with Crippen LogP contribution in [0.1, 0.15) is 19.8 Å². The topological polar surface area (TPSA) is 72.9 Å². The van der Waals surface area contributed by atoms with Crippen LogP contribution >= 0.6 is 0 Å². The summed E-state index contributed by atoms with van der Waals surface area (Å²) in [6, 6.07) is -0.111. The first-order chi connectivity index (χ1) is 8.34. The van der Waals surface area contributed by atoms with E-state index in [9.17, 15) is 9.59 Å². The average Bonchev–Trinajstić information content (AvgIpc) is 2.30. The predicted octanol–water partition coefficient (Wildman–Crippen LogP) is 0.690. The summed E-state index contributed by atoms with van der Waals surface area (Å²) >= 11 is 0. The number of carboxylic acid groups (broad SMARTS) is 1. The lowest BCUT2D eigenvalue weighted by atomic mass is 10.1. The van der Waals surface area contributed by atoms with Crippen molar-refractivity contribution in [3.63, 3.8) is 0 Å². The average molecular weight is 259 g/mol. The molecule has 6 heteroatoms. The monoisotopic (exact) mass is 259 g/mol. The van der Waals surface area contributed by atoms with Gasteiger partial charge in [0.2, 0.25) is 0 Å². The van der Waals surface area contributed by atoms with Crippen molar-refractivity contribution in [2.75, 3.05) is 40.8 Å². The Kier molecular flexibility index (Phi) is 8.11. The summed E-state index contributed by atoms with van der Waals surface area (Å²) in [4.78, 5) is 25.8. The van der Waals surface area contributed by atoms with E-state index in [2.05, 4.69) is 5.32 Å². The van der Waals surface area contributed by atoms with Crippen LogP contribution in [0.3, 0.4) is 0 Å². The Balaban J connectivity index is 3.67. The molecule has 0 aromatic rings. The molecule has 0 aliphatic heterocycles. The molecule has 0 aliphatic carbocycles. The van der Waals surface area contributed by atoms with Crippen molar-refractivity contribution < 1.29 is 14.7 Å². The standard InChI is InChI=1S/C12H25N3O3/c1-10(11(16)17)6-5-7-13-12(18)15(4)9-8-14(2)3/h10H,5-9H2,1-4H3,(H,13,18)(H,16,17). The maximum Gasteiger partial charge on any atom is 0.317 e. The number of rotatable bonds is 8. The van der Waals surface area contributed by atoms with Gasteiger partial charge in [-0.15, -0.1) is 0 Å². The number of urea groups is 1. The molecule has 0 aromatic heterocycles. The highest BCUT2D eigenvalue weighted by atomic mass is 16.4. The molecule has 1 atom stereocenters. The Bertz CT molecular complexity index is 269. The molecule has 0 heterocycles. The van der Waals surface area contributed by atoms with Crippen LogP contribution < -0.4 is 5.32 Å². The van der Waals surface area contributed by atoms with Crippen molar-refractivity contribution in [3.05, 3.63) is 0 Å². The summed E-state index contributed by atoms with van der Waals surface area (Å²) < 4.78 is 0. The molecular weight excluding hydrogens is 234 g/mol. The van der Waals surface area contributed by atoms with Crippen LogP contribution in [-0.2, 0) is 4.79 Å². The van der Waals surface area contributed by atoms with Gasteiger partial charge in [0.15, 0.2) is 0 Å². The largest absolute Gasteiger partial charge is 0.481 e. The third-order valence-electron chi connectivity index (χ3n) is 2.74. The van der Waals surface area contributed by atoms with E-state index < -0.39 is 5.97 Å². The fourth-order valence-electron chi connectivity index (χ4n) is 1.31. The molecule has 0 aromatic carbocycles. The highest BCUT2D eigenvalue weighted by Gasteiger charge is 2.11. The first-order valence-electron chi connectivity index (χ1n) is 6.21. The molecule has 0 spiro atoms. The van der Waals surface area contributed by atoms with E-state index in [0.29, 0.717) is 25.9 Å². The second kappa shape index (κ2) is 8.74. The number of amides is 2. The molecule has 18 heavy (non-hydrogen) atoms. The number of hydrogen-bond donors (Lipinski definition) is 2. The summed E-state index contributed by atoms with van der Waals surface area (Å²) in [5.74, 6) is -1.14. The highest BCUT2D eigenvalue weighted by Crippen LogP contribution is 2.04. The lowest BCUT2D eigenvalue weighted by Crippen LogP contribution is -2.40. The molecule has 0 fully saturated rings. The molecule has 0 aliphatic rings. The predicted molar refractivity (Wildman–Crippen MR) is 70.6 cm³/mol. The zero-order valence-corrected chi connectivity index (χ0v) is 11.8. The molecule has 0 bridgehead atoms. The molecule has 0 saturated carbocycles. The maximum absolute atomic E-state index is 11.6. The van der Waals surface area contributed by atoms with Crippen molar-refractivity contribution in [1.82, 2.24) is 15.1 Å². The SMILES string of the molecule is CC(CCCNC(=O)N(C)CCN(C)C)C(=O)O. The number of nitrogens with zero attached hydrogens (tertiary/aromatic N) is 2. The van der Waals surface area contributed by atoms with E-state index in [1.807, 2.05) is 19.0 Å². The number of aliphatic carboxylic acids is 1. The number of hydrogen-bond acceptors (Lipinski definition) is 3. The van der Waals surface area contributed by atoms with Crippen molar-refractivity contribution >= 4 is 12.0 Å². The number of carbonyl (C=O) groups excluding carboxylic acids is 1. The lowest BCUT2D eigenvalue weighted by molar-refractivity contribution is -0.141. The molecule has 106 valence electrons. The van der Waals surface area contributed by atoms with Gasteiger partial charge in [-0.3, -0.25) is 4.79 Å². The smallest absolute Gasteiger partial charge is 0.317 e. The van der Waals surface area contributed by atoms with Gasteiger partial charge in [-0.2, -0.15) is 0 Å². The Morgan fingerprint density at radius 3 is 2.33 bits per heavy atom. The van der Waals surface area contributed by atoms with Crippen molar-refractivity contribution in [2.24, 2.45) is 5.92 Å². The van der Waals surface area contributed by atoms with Crippen LogP contribution in [0.4, 0.5) is 4.79 Å². The van der Waals surface area contributed by atoms with Gasteiger partial charge >= 0.3 is 12.0 Å². The molecular formula is C12H25N3O3. The Morgan fingerprint density at radius 2 is 1.83 bits per heavy atom. The summed E-state index contributed by atoms with van der Waals surface area (Å²) in [6.45, 7) is 3.68. The van der Waals surface area contributed by atoms with Gasteiger partial charge in [0.1, 0.15) is 0 Å². The zero-order chi connectivity index (χ0) is 14.1. The lowest BCUT2D eigenvalue weighted by Gasteiger charge is -2.20. The molecule has 6 nitrogen and oxygen atoms in total. The molecule has 0 rings (SSSR count). The summed E-state index contributed by atoms with van der Waals surface area (Å²) in [5, 5.41) is 11.5. The minimum Gasteiger partial charge on any atom is -0.481 e. The molecule has 1 unspecified atom stereocenters. The molecule has 2 N–H and O–H groups in total. The van der Waals surface area contributed by atoms with Gasteiger partial charge in [0, 0.05) is 26.7 Å². The highest BCUT2D eigenvalue weighted by molar-refractivity contribution is 5.73. The molecule has 2 amide bonds. The number of carbonyl (C=O) groups is 2. The van der Waals surface area contributed by atoms with Gasteiger partial charge in [-0.05, 0) is 26.9 Å². The second-order valence-corrected chi connectivity index (χ2v) is 4.84. The zero-order valence-electron chi connectivity index (χ0n) is 11.8. The second-order valence-electron chi connectivity index (χ2n) is 4.84. The minimum absolute atomic E-state index is 0.111. The fraction of sp³-hybridized carbons (Fsp3) is 0.833. The van der Waals surface area contributed by atoms with Crippen LogP contribution in [0.2, 0.25) is 0 Å². The Hall–Kier alpha value is -1.30. The molecule has 0 saturated heterocycles. The van der Waals surface area contributed by atoms with Gasteiger partial charge in [-0.1, -0.05) is 6.92 Å². The van der Waals surface area contributed by atoms with Crippen LogP contribution in [0.25, 0.3) is 0 Å². The summed E-state index contributed by atoms with van der Waals surface area (Å²) in [6.07, 6.45) is 1.26. The van der Waals surface area contributed by atoms with E-state index in [-0.39, 0.29) is 11.9 Å². The number of nitrogens with one attached hydrogen (secondary N) is 1. The van der Waals surface area contributed by atoms with E-state index in [1.54, 1.807) is 18.9 Å². The van der Waals surface area contributed by atoms with E-state index >= 15 is 0 Å². The first-order valence-corrected chi connectivity index (χ1v) is 6.21. The third kappa shape index (κ3) is 7.89. The summed E-state index contributed by atoms with van der Waals surface area (Å²) in [5.41, 5.74) is 0. The fourth-order valence-corrected chi connectivity index (χ4v) is 1.31. The van der Waals surface area contributed by atoms with E-state index in [0.717, 1.165) is 6.54 Å². The Morgan fingerprint density at radius 1 is 1.22 bits per heavy atom. The third-order valence-corrected chi connectivity index (χ3v) is 2.74. The normalized spacial score (nSPS) is 12.3. The van der Waals surface area contributed by atoms with Crippen LogP contribution in [0.15, 0.2) is 0 Å². The van der Waals surface area contributed by atoms with E-state index in [1.165, 1.54) is 0 Å². The van der Waals surface area contributed by atoms with E-state index in [4.69, 9.17) is 5.11 Å². The first kappa shape index (κ1) is 16.7. The van der Waals surface area contributed by atoms with Gasteiger partial charge in [-0.25, -0.2) is 4.79 Å². The van der Waals surface area contributed by atoms with Gasteiger partial charge in [0.25, 0.3) is 0 Å². The molecule has 0 radical (unpaired) electrons.